The molecule has 0 saturated heterocycles. The van der Waals surface area contributed by atoms with Crippen LogP contribution in [-0.2, 0) is 30.8 Å². The van der Waals surface area contributed by atoms with Crippen LogP contribution in [0.15, 0.2) is 41.3 Å². The maximum absolute atomic E-state index is 13.4. The first kappa shape index (κ1) is 21.9. The van der Waals surface area contributed by atoms with Gasteiger partial charge in [-0.05, 0) is 48.9 Å². The lowest BCUT2D eigenvalue weighted by molar-refractivity contribution is -0.124. The number of anilines is 1. The zero-order valence-electron chi connectivity index (χ0n) is 19.0. The second kappa shape index (κ2) is 9.11. The minimum absolute atomic E-state index is 0.0194. The molecule has 0 bridgehead atoms. The monoisotopic (exact) mass is 463 g/mol. The zero-order chi connectivity index (χ0) is 22.9. The molecule has 0 saturated carbocycles. The molecule has 2 aliphatic rings. The summed E-state index contributed by atoms with van der Waals surface area (Å²) in [7, 11) is 0. The van der Waals surface area contributed by atoms with Crippen LogP contribution in [0.5, 0.6) is 0 Å². The highest BCUT2D eigenvalue weighted by Gasteiger charge is 2.31. The summed E-state index contributed by atoms with van der Waals surface area (Å²) in [5, 5.41) is 9.73. The number of aromatic nitrogens is 2. The largest absolute Gasteiger partial charge is 0.359 e. The Morgan fingerprint density at radius 3 is 2.97 bits per heavy atom. The predicted molar refractivity (Wildman–Crippen MR) is 130 cm³/mol. The van der Waals surface area contributed by atoms with Crippen molar-refractivity contribution in [2.45, 2.75) is 64.8 Å². The van der Waals surface area contributed by atoms with Crippen LogP contribution in [-0.4, -0.2) is 15.5 Å². The van der Waals surface area contributed by atoms with Crippen LogP contribution in [0.25, 0.3) is 0 Å². The maximum Gasteiger partial charge on any atom is 0.294 e. The van der Waals surface area contributed by atoms with Gasteiger partial charge in [0.15, 0.2) is 5.82 Å². The van der Waals surface area contributed by atoms with E-state index in [1.807, 2.05) is 12.1 Å². The molecule has 5 rings (SSSR count). The molecule has 1 aromatic carbocycles. The first-order valence-electron chi connectivity index (χ1n) is 11.6. The molecule has 2 atom stereocenters. The molecule has 0 unspecified atom stereocenters. The van der Waals surface area contributed by atoms with E-state index in [9.17, 15) is 9.59 Å². The normalized spacial score (nSPS) is 17.5. The number of hydrogen-bond acceptors (Lipinski definition) is 6. The minimum Gasteiger partial charge on any atom is -0.359 e. The van der Waals surface area contributed by atoms with Crippen molar-refractivity contribution in [3.05, 3.63) is 79.0 Å². The van der Waals surface area contributed by atoms with Crippen molar-refractivity contribution in [1.29, 1.82) is 0 Å². The molecule has 0 radical (unpaired) electrons. The van der Waals surface area contributed by atoms with Crippen molar-refractivity contribution >= 4 is 23.1 Å². The third kappa shape index (κ3) is 4.20. The molecule has 172 valence electrons. The number of hydrogen-bond donors (Lipinski definition) is 3. The van der Waals surface area contributed by atoms with Crippen LogP contribution >= 0.6 is 11.3 Å². The SMILES string of the molecule is CC[C@@H](Nc1ncc2n(c1=O)[C@H](C(=O)NCc1cc3c(s1)CNC3)CC2)c1ccccc1C. The van der Waals surface area contributed by atoms with E-state index in [4.69, 9.17) is 0 Å². The molecule has 1 amide bonds. The van der Waals surface area contributed by atoms with Gasteiger partial charge in [-0.1, -0.05) is 31.2 Å². The van der Waals surface area contributed by atoms with Crippen LogP contribution < -0.4 is 21.5 Å². The van der Waals surface area contributed by atoms with Crippen molar-refractivity contribution in [2.75, 3.05) is 5.32 Å². The number of amides is 1. The fraction of sp³-hybridized carbons (Fsp3) is 0.400. The van der Waals surface area contributed by atoms with Gasteiger partial charge in [0.2, 0.25) is 5.91 Å². The molecule has 3 N–H and O–H groups in total. The van der Waals surface area contributed by atoms with Crippen LogP contribution in [0.1, 0.15) is 64.0 Å². The summed E-state index contributed by atoms with van der Waals surface area (Å²) < 4.78 is 1.63. The van der Waals surface area contributed by atoms with Gasteiger partial charge < -0.3 is 16.0 Å². The van der Waals surface area contributed by atoms with Crippen molar-refractivity contribution in [1.82, 2.24) is 20.2 Å². The smallest absolute Gasteiger partial charge is 0.294 e. The third-order valence-electron chi connectivity index (χ3n) is 6.63. The lowest BCUT2D eigenvalue weighted by Gasteiger charge is -2.21. The van der Waals surface area contributed by atoms with Crippen molar-refractivity contribution in [2.24, 2.45) is 0 Å². The van der Waals surface area contributed by atoms with E-state index in [1.165, 1.54) is 16.0 Å². The molecule has 4 heterocycles. The van der Waals surface area contributed by atoms with Gasteiger partial charge in [0, 0.05) is 34.7 Å². The van der Waals surface area contributed by atoms with Crippen LogP contribution in [0.2, 0.25) is 0 Å². The summed E-state index contributed by atoms with van der Waals surface area (Å²) in [6.45, 7) is 6.46. The number of rotatable bonds is 7. The van der Waals surface area contributed by atoms with E-state index in [2.05, 4.69) is 53.0 Å². The Labute approximate surface area is 197 Å². The average molecular weight is 464 g/mol. The van der Waals surface area contributed by atoms with Crippen molar-refractivity contribution in [3.8, 4) is 0 Å². The molecule has 0 fully saturated rings. The Kier molecular flexibility index (Phi) is 6.03. The number of fused-ring (bicyclic) bond motifs is 2. The van der Waals surface area contributed by atoms with Gasteiger partial charge in [-0.2, -0.15) is 0 Å². The molecule has 3 aromatic rings. The zero-order valence-corrected chi connectivity index (χ0v) is 19.8. The summed E-state index contributed by atoms with van der Waals surface area (Å²) in [5.41, 5.74) is 4.24. The molecule has 8 heteroatoms. The number of carbonyl (C=O) groups is 1. The molecule has 33 heavy (non-hydrogen) atoms. The highest BCUT2D eigenvalue weighted by molar-refractivity contribution is 7.12. The molecule has 7 nitrogen and oxygen atoms in total. The molecule has 0 spiro atoms. The van der Waals surface area contributed by atoms with E-state index in [-0.39, 0.29) is 17.5 Å². The second-order valence-corrected chi connectivity index (χ2v) is 9.99. The summed E-state index contributed by atoms with van der Waals surface area (Å²) in [6, 6.07) is 9.82. The highest BCUT2D eigenvalue weighted by Crippen LogP contribution is 2.28. The first-order valence-corrected chi connectivity index (χ1v) is 12.4. The number of nitrogens with one attached hydrogen (secondary N) is 3. The fourth-order valence-electron chi connectivity index (χ4n) is 4.85. The fourth-order valence-corrected chi connectivity index (χ4v) is 5.95. The van der Waals surface area contributed by atoms with Gasteiger partial charge in [0.1, 0.15) is 6.04 Å². The van der Waals surface area contributed by atoms with Crippen molar-refractivity contribution < 1.29 is 4.79 Å². The lowest BCUT2D eigenvalue weighted by atomic mass is 9.99. The van der Waals surface area contributed by atoms with Gasteiger partial charge in [-0.25, -0.2) is 4.98 Å². The average Bonchev–Trinajstić information content (AvgIpc) is 3.53. The number of benzene rings is 1. The van der Waals surface area contributed by atoms with Crippen LogP contribution in [0.4, 0.5) is 5.82 Å². The first-order chi connectivity index (χ1) is 16.0. The van der Waals surface area contributed by atoms with Crippen LogP contribution in [0.3, 0.4) is 0 Å². The predicted octanol–water partition coefficient (Wildman–Crippen LogP) is 3.58. The molecule has 2 aliphatic heterocycles. The van der Waals surface area contributed by atoms with E-state index in [0.29, 0.717) is 25.2 Å². The number of nitrogens with zero attached hydrogens (tertiary/aromatic N) is 2. The van der Waals surface area contributed by atoms with Crippen LogP contribution in [0, 0.1) is 6.92 Å². The van der Waals surface area contributed by atoms with E-state index in [0.717, 1.165) is 35.6 Å². The Bertz CT molecular complexity index is 1230. The lowest BCUT2D eigenvalue weighted by Crippen LogP contribution is -2.36. The van der Waals surface area contributed by atoms with E-state index < -0.39 is 6.04 Å². The van der Waals surface area contributed by atoms with Crippen molar-refractivity contribution in [3.63, 3.8) is 0 Å². The molecular weight excluding hydrogens is 434 g/mol. The Hall–Kier alpha value is -2.97. The molecule has 2 aromatic heterocycles. The second-order valence-electron chi connectivity index (χ2n) is 8.77. The summed E-state index contributed by atoms with van der Waals surface area (Å²) in [4.78, 5) is 33.3. The van der Waals surface area contributed by atoms with Gasteiger partial charge in [0.25, 0.3) is 5.56 Å². The summed E-state index contributed by atoms with van der Waals surface area (Å²) in [5.74, 6) is 0.196. The number of thiophene rings is 1. The minimum atomic E-state index is -0.497. The van der Waals surface area contributed by atoms with Gasteiger partial charge in [-0.3, -0.25) is 14.2 Å². The Morgan fingerprint density at radius 2 is 2.18 bits per heavy atom. The summed E-state index contributed by atoms with van der Waals surface area (Å²) in [6.07, 6.45) is 3.84. The van der Waals surface area contributed by atoms with Gasteiger partial charge in [-0.15, -0.1) is 11.3 Å². The molecule has 0 aliphatic carbocycles. The van der Waals surface area contributed by atoms with Gasteiger partial charge >= 0.3 is 0 Å². The topological polar surface area (TPSA) is 88.0 Å². The number of carbonyl (C=O) groups excluding carboxylic acids is 1. The van der Waals surface area contributed by atoms with Gasteiger partial charge in [0.05, 0.1) is 12.6 Å². The van der Waals surface area contributed by atoms with E-state index >= 15 is 0 Å². The van der Waals surface area contributed by atoms with E-state index in [1.54, 1.807) is 22.1 Å². The standard InChI is InChI=1S/C25H29N5O2S/c1-3-20(19-7-5-4-6-15(19)2)29-23-25(32)30-17(12-27-23)8-9-21(30)24(31)28-13-18-10-16-11-26-14-22(16)33-18/h4-7,10,12,20-21,26H,3,8-9,11,13-14H2,1-2H3,(H,27,29)(H,28,31)/t20-,21+/m1/s1. The third-order valence-corrected chi connectivity index (χ3v) is 7.81. The Balaban J connectivity index is 1.33. The number of aryl methyl sites for hydroxylation is 2. The summed E-state index contributed by atoms with van der Waals surface area (Å²) >= 11 is 1.74. The Morgan fingerprint density at radius 1 is 1.33 bits per heavy atom. The maximum atomic E-state index is 13.4. The molecular formula is C25H29N5O2S. The highest BCUT2D eigenvalue weighted by atomic mass is 32.1. The quantitative estimate of drug-likeness (QED) is 0.499.